The van der Waals surface area contributed by atoms with Crippen molar-refractivity contribution in [3.63, 3.8) is 0 Å². The number of amides is 1. The minimum Gasteiger partial charge on any atom is -0.352 e. The van der Waals surface area contributed by atoms with Crippen molar-refractivity contribution in [3.8, 4) is 0 Å². The Morgan fingerprint density at radius 2 is 2.62 bits per heavy atom. The van der Waals surface area contributed by atoms with Crippen LogP contribution in [0.5, 0.6) is 0 Å². The Bertz CT molecular complexity index is 385. The molecule has 2 rings (SSSR count). The molecule has 1 aliphatic heterocycles. The van der Waals surface area contributed by atoms with Gasteiger partial charge in [-0.3, -0.25) is 4.79 Å². The SMILES string of the molecule is C=Cn1cc(CNCC2CCC(=O)N2)cn1. The Morgan fingerprint density at radius 1 is 1.75 bits per heavy atom. The molecule has 1 saturated heterocycles. The van der Waals surface area contributed by atoms with Crippen LogP contribution in [0.2, 0.25) is 0 Å². The van der Waals surface area contributed by atoms with Gasteiger partial charge in [0.05, 0.1) is 6.20 Å². The Morgan fingerprint density at radius 3 is 3.25 bits per heavy atom. The van der Waals surface area contributed by atoms with E-state index in [-0.39, 0.29) is 11.9 Å². The fourth-order valence-corrected chi connectivity index (χ4v) is 1.79. The molecule has 0 radical (unpaired) electrons. The van der Waals surface area contributed by atoms with E-state index in [1.54, 1.807) is 10.9 Å². The monoisotopic (exact) mass is 220 g/mol. The lowest BCUT2D eigenvalue weighted by Crippen LogP contribution is -2.35. The Balaban J connectivity index is 1.71. The van der Waals surface area contributed by atoms with Crippen LogP contribution in [0.1, 0.15) is 18.4 Å². The van der Waals surface area contributed by atoms with Crippen molar-refractivity contribution >= 4 is 12.1 Å². The third-order valence-electron chi connectivity index (χ3n) is 2.65. The number of hydrogen-bond acceptors (Lipinski definition) is 3. The second kappa shape index (κ2) is 4.94. The number of nitrogens with zero attached hydrogens (tertiary/aromatic N) is 2. The maximum atomic E-state index is 11.0. The molecule has 5 heteroatoms. The van der Waals surface area contributed by atoms with E-state index >= 15 is 0 Å². The number of carbonyl (C=O) groups excluding carboxylic acids is 1. The summed E-state index contributed by atoms with van der Waals surface area (Å²) in [6, 6.07) is 0.280. The van der Waals surface area contributed by atoms with Crippen molar-refractivity contribution in [2.75, 3.05) is 6.54 Å². The highest BCUT2D eigenvalue weighted by atomic mass is 16.1. The van der Waals surface area contributed by atoms with Gasteiger partial charge in [-0.2, -0.15) is 5.10 Å². The van der Waals surface area contributed by atoms with E-state index < -0.39 is 0 Å². The molecule has 0 spiro atoms. The van der Waals surface area contributed by atoms with Gasteiger partial charge in [-0.15, -0.1) is 0 Å². The number of carbonyl (C=O) groups is 1. The molecule has 0 saturated carbocycles. The molecule has 2 N–H and O–H groups in total. The lowest BCUT2D eigenvalue weighted by Gasteiger charge is -2.10. The summed E-state index contributed by atoms with van der Waals surface area (Å²) in [6.45, 7) is 5.20. The predicted molar refractivity (Wildman–Crippen MR) is 61.5 cm³/mol. The van der Waals surface area contributed by atoms with Crippen molar-refractivity contribution in [2.24, 2.45) is 0 Å². The highest BCUT2D eigenvalue weighted by Gasteiger charge is 2.19. The molecule has 1 unspecified atom stereocenters. The zero-order valence-corrected chi connectivity index (χ0v) is 9.15. The molecular formula is C11H16N4O. The molecule has 5 nitrogen and oxygen atoms in total. The van der Waals surface area contributed by atoms with Crippen LogP contribution in [-0.4, -0.2) is 28.3 Å². The predicted octanol–water partition coefficient (Wildman–Crippen LogP) is 0.352. The normalized spacial score (nSPS) is 19.8. The first kappa shape index (κ1) is 10.9. The van der Waals surface area contributed by atoms with Crippen LogP contribution < -0.4 is 10.6 Å². The molecule has 2 heterocycles. The minimum atomic E-state index is 0.159. The molecule has 0 bridgehead atoms. The molecule has 1 aromatic rings. The standard InChI is InChI=1S/C11H16N4O/c1-2-15-8-9(6-13-15)5-12-7-10-3-4-11(16)14-10/h2,6,8,10,12H,1,3-5,7H2,(H,14,16). The topological polar surface area (TPSA) is 59.0 Å². The molecule has 0 aromatic carbocycles. The molecule has 1 atom stereocenters. The average molecular weight is 220 g/mol. The van der Waals surface area contributed by atoms with Crippen LogP contribution in [0.3, 0.4) is 0 Å². The van der Waals surface area contributed by atoms with Gasteiger partial charge in [0.25, 0.3) is 0 Å². The van der Waals surface area contributed by atoms with Gasteiger partial charge in [-0.05, 0) is 6.42 Å². The van der Waals surface area contributed by atoms with E-state index in [1.165, 1.54) is 0 Å². The maximum absolute atomic E-state index is 11.0. The summed E-state index contributed by atoms with van der Waals surface area (Å²) in [7, 11) is 0. The minimum absolute atomic E-state index is 0.159. The van der Waals surface area contributed by atoms with E-state index in [2.05, 4.69) is 22.3 Å². The Hall–Kier alpha value is -1.62. The quantitative estimate of drug-likeness (QED) is 0.753. The van der Waals surface area contributed by atoms with Crippen molar-refractivity contribution < 1.29 is 4.79 Å². The first-order valence-corrected chi connectivity index (χ1v) is 5.43. The number of aromatic nitrogens is 2. The summed E-state index contributed by atoms with van der Waals surface area (Å²) in [4.78, 5) is 11.0. The van der Waals surface area contributed by atoms with Crippen LogP contribution in [0.15, 0.2) is 19.0 Å². The molecular weight excluding hydrogens is 204 g/mol. The summed E-state index contributed by atoms with van der Waals surface area (Å²) in [5.74, 6) is 0.159. The second-order valence-electron chi connectivity index (χ2n) is 3.95. The van der Waals surface area contributed by atoms with Crippen LogP contribution in [-0.2, 0) is 11.3 Å². The van der Waals surface area contributed by atoms with Crippen LogP contribution in [0, 0.1) is 0 Å². The highest BCUT2D eigenvalue weighted by Crippen LogP contribution is 2.05. The molecule has 0 aliphatic carbocycles. The number of rotatable bonds is 5. The first-order valence-electron chi connectivity index (χ1n) is 5.43. The van der Waals surface area contributed by atoms with E-state index in [4.69, 9.17) is 0 Å². The summed E-state index contributed by atoms with van der Waals surface area (Å²) >= 11 is 0. The van der Waals surface area contributed by atoms with Crippen LogP contribution >= 0.6 is 0 Å². The Labute approximate surface area is 94.5 Å². The molecule has 16 heavy (non-hydrogen) atoms. The summed E-state index contributed by atoms with van der Waals surface area (Å²) in [5.41, 5.74) is 1.12. The van der Waals surface area contributed by atoms with Crippen molar-refractivity contribution in [1.29, 1.82) is 0 Å². The van der Waals surface area contributed by atoms with E-state index in [0.29, 0.717) is 6.42 Å². The lowest BCUT2D eigenvalue weighted by atomic mass is 10.2. The Kier molecular flexibility index (Phi) is 3.36. The lowest BCUT2D eigenvalue weighted by molar-refractivity contribution is -0.119. The van der Waals surface area contributed by atoms with Crippen molar-refractivity contribution in [1.82, 2.24) is 20.4 Å². The summed E-state index contributed by atoms with van der Waals surface area (Å²) in [5, 5.41) is 10.3. The van der Waals surface area contributed by atoms with Gasteiger partial charge in [0.15, 0.2) is 0 Å². The third kappa shape index (κ3) is 2.70. The van der Waals surface area contributed by atoms with Crippen LogP contribution in [0.4, 0.5) is 0 Å². The van der Waals surface area contributed by atoms with Gasteiger partial charge >= 0.3 is 0 Å². The number of nitrogens with one attached hydrogen (secondary N) is 2. The molecule has 1 fully saturated rings. The molecule has 1 aliphatic rings. The maximum Gasteiger partial charge on any atom is 0.220 e. The van der Waals surface area contributed by atoms with Gasteiger partial charge in [-0.1, -0.05) is 6.58 Å². The number of hydrogen-bond donors (Lipinski definition) is 2. The van der Waals surface area contributed by atoms with E-state index in [0.717, 1.165) is 25.1 Å². The zero-order valence-electron chi connectivity index (χ0n) is 9.15. The van der Waals surface area contributed by atoms with Gasteiger partial charge in [0.2, 0.25) is 5.91 Å². The van der Waals surface area contributed by atoms with Crippen molar-refractivity contribution in [2.45, 2.75) is 25.4 Å². The largest absolute Gasteiger partial charge is 0.352 e. The van der Waals surface area contributed by atoms with Crippen LogP contribution in [0.25, 0.3) is 6.20 Å². The van der Waals surface area contributed by atoms with Gasteiger partial charge in [0, 0.05) is 43.5 Å². The van der Waals surface area contributed by atoms with Gasteiger partial charge < -0.3 is 10.6 Å². The molecule has 1 aromatic heterocycles. The van der Waals surface area contributed by atoms with Crippen molar-refractivity contribution in [3.05, 3.63) is 24.5 Å². The molecule has 1 amide bonds. The smallest absolute Gasteiger partial charge is 0.220 e. The van der Waals surface area contributed by atoms with Gasteiger partial charge in [0.1, 0.15) is 0 Å². The van der Waals surface area contributed by atoms with E-state index in [9.17, 15) is 4.79 Å². The summed E-state index contributed by atoms with van der Waals surface area (Å²) < 4.78 is 1.67. The van der Waals surface area contributed by atoms with Gasteiger partial charge in [-0.25, -0.2) is 4.68 Å². The highest BCUT2D eigenvalue weighted by molar-refractivity contribution is 5.78. The summed E-state index contributed by atoms with van der Waals surface area (Å²) in [6.07, 6.45) is 6.97. The average Bonchev–Trinajstić information content (AvgIpc) is 2.88. The fraction of sp³-hybridized carbons (Fsp3) is 0.455. The van der Waals surface area contributed by atoms with E-state index in [1.807, 2.05) is 12.4 Å². The third-order valence-corrected chi connectivity index (χ3v) is 2.65. The second-order valence-corrected chi connectivity index (χ2v) is 3.95. The molecule has 86 valence electrons. The first-order chi connectivity index (χ1) is 7.78. The fourth-order valence-electron chi connectivity index (χ4n) is 1.79. The zero-order chi connectivity index (χ0) is 11.4.